The fraction of sp³-hybridized carbons (Fsp3) is 0.700. The second kappa shape index (κ2) is 5.25. The number of aryl methyl sites for hydroxylation is 1. The van der Waals surface area contributed by atoms with Crippen LogP contribution in [0, 0.1) is 0 Å². The summed E-state index contributed by atoms with van der Waals surface area (Å²) in [5.41, 5.74) is 4.62. The number of nitrogens with zero attached hydrogens (tertiary/aromatic N) is 3. The van der Waals surface area contributed by atoms with E-state index in [9.17, 15) is 0 Å². The van der Waals surface area contributed by atoms with Crippen LogP contribution in [0.15, 0.2) is 12.5 Å². The first-order valence-corrected chi connectivity index (χ1v) is 5.45. The predicted molar refractivity (Wildman–Crippen MR) is 57.1 cm³/mol. The summed E-state index contributed by atoms with van der Waals surface area (Å²) >= 11 is 0. The van der Waals surface area contributed by atoms with Crippen molar-refractivity contribution in [3.05, 3.63) is 18.2 Å². The van der Waals surface area contributed by atoms with Crippen LogP contribution >= 0.6 is 0 Å². The van der Waals surface area contributed by atoms with Gasteiger partial charge in [0.15, 0.2) is 0 Å². The van der Waals surface area contributed by atoms with Gasteiger partial charge < -0.3 is 9.30 Å². The van der Waals surface area contributed by atoms with E-state index < -0.39 is 0 Å². The van der Waals surface area contributed by atoms with Gasteiger partial charge in [-0.05, 0) is 6.92 Å². The van der Waals surface area contributed by atoms with Gasteiger partial charge in [0.1, 0.15) is 0 Å². The Morgan fingerprint density at radius 3 is 3.00 bits per heavy atom. The van der Waals surface area contributed by atoms with Gasteiger partial charge in [0.2, 0.25) is 0 Å². The van der Waals surface area contributed by atoms with E-state index in [1.54, 1.807) is 0 Å². The van der Waals surface area contributed by atoms with Gasteiger partial charge in [-0.1, -0.05) is 0 Å². The first kappa shape index (κ1) is 10.6. The van der Waals surface area contributed by atoms with Crippen molar-refractivity contribution in [2.45, 2.75) is 20.0 Å². The summed E-state index contributed by atoms with van der Waals surface area (Å²) in [5.74, 6) is 0. The summed E-state index contributed by atoms with van der Waals surface area (Å²) in [5, 5.41) is 2.20. The van der Waals surface area contributed by atoms with E-state index in [2.05, 4.69) is 26.9 Å². The molecule has 1 aliphatic rings. The first-order chi connectivity index (χ1) is 7.40. The number of nitrogens with one attached hydrogen (secondary N) is 1. The molecule has 2 heterocycles. The maximum absolute atomic E-state index is 5.28. The van der Waals surface area contributed by atoms with Crippen molar-refractivity contribution in [1.82, 2.24) is 20.0 Å². The van der Waals surface area contributed by atoms with E-state index in [1.165, 1.54) is 5.69 Å². The molecule has 0 saturated carbocycles. The average Bonchev–Trinajstić information content (AvgIpc) is 2.75. The van der Waals surface area contributed by atoms with Crippen LogP contribution in [0.25, 0.3) is 0 Å². The molecule has 0 aromatic carbocycles. The molecule has 1 aromatic heterocycles. The zero-order chi connectivity index (χ0) is 10.5. The minimum atomic E-state index is 0.819. The minimum absolute atomic E-state index is 0.819. The highest BCUT2D eigenvalue weighted by Gasteiger charge is 2.10. The smallest absolute Gasteiger partial charge is 0.0948 e. The maximum Gasteiger partial charge on any atom is 0.0948 e. The molecule has 0 amide bonds. The summed E-state index contributed by atoms with van der Waals surface area (Å²) in [6, 6.07) is 0. The van der Waals surface area contributed by atoms with Gasteiger partial charge in [0, 0.05) is 25.8 Å². The van der Waals surface area contributed by atoms with Gasteiger partial charge in [-0.25, -0.2) is 15.4 Å². The summed E-state index contributed by atoms with van der Waals surface area (Å²) in [7, 11) is 0. The quantitative estimate of drug-likeness (QED) is 0.773. The van der Waals surface area contributed by atoms with E-state index in [-0.39, 0.29) is 0 Å². The van der Waals surface area contributed by atoms with E-state index >= 15 is 0 Å². The van der Waals surface area contributed by atoms with Crippen molar-refractivity contribution in [3.63, 3.8) is 0 Å². The van der Waals surface area contributed by atoms with Gasteiger partial charge in [0.05, 0.1) is 31.8 Å². The number of aromatic nitrogens is 2. The first-order valence-electron chi connectivity index (χ1n) is 5.45. The van der Waals surface area contributed by atoms with Crippen LogP contribution in [-0.2, 0) is 17.8 Å². The van der Waals surface area contributed by atoms with Crippen LogP contribution < -0.4 is 5.43 Å². The number of ether oxygens (including phenoxy) is 1. The van der Waals surface area contributed by atoms with Crippen molar-refractivity contribution >= 4 is 0 Å². The number of morpholine rings is 1. The lowest BCUT2D eigenvalue weighted by Gasteiger charge is -2.27. The number of rotatable bonds is 4. The Hall–Kier alpha value is -0.910. The molecule has 1 N–H and O–H groups in total. The molecule has 1 saturated heterocycles. The number of hydrogen-bond donors (Lipinski definition) is 1. The van der Waals surface area contributed by atoms with Crippen molar-refractivity contribution < 1.29 is 4.74 Å². The van der Waals surface area contributed by atoms with Crippen LogP contribution in [0.5, 0.6) is 0 Å². The lowest BCUT2D eigenvalue weighted by atomic mass is 10.4. The van der Waals surface area contributed by atoms with Crippen molar-refractivity contribution in [3.8, 4) is 0 Å². The third-order valence-corrected chi connectivity index (χ3v) is 2.63. The molecule has 1 fully saturated rings. The van der Waals surface area contributed by atoms with Crippen molar-refractivity contribution in [1.29, 1.82) is 0 Å². The van der Waals surface area contributed by atoms with E-state index in [0.717, 1.165) is 39.4 Å². The lowest BCUT2D eigenvalue weighted by molar-refractivity contribution is 0.0102. The molecular formula is C10H18N4O. The Bertz CT molecular complexity index is 293. The third-order valence-electron chi connectivity index (χ3n) is 2.63. The Kier molecular flexibility index (Phi) is 3.71. The second-order valence-electron chi connectivity index (χ2n) is 3.61. The van der Waals surface area contributed by atoms with E-state index in [1.807, 2.05) is 12.5 Å². The Labute approximate surface area is 90.0 Å². The highest BCUT2D eigenvalue weighted by atomic mass is 16.5. The molecular weight excluding hydrogens is 192 g/mol. The molecule has 0 atom stereocenters. The summed E-state index contributed by atoms with van der Waals surface area (Å²) in [4.78, 5) is 4.14. The fourth-order valence-corrected chi connectivity index (χ4v) is 1.69. The van der Waals surface area contributed by atoms with E-state index in [0.29, 0.717) is 0 Å². The molecule has 0 unspecified atom stereocenters. The summed E-state index contributed by atoms with van der Waals surface area (Å²) in [6.07, 6.45) is 3.78. The maximum atomic E-state index is 5.28. The number of hydrogen-bond acceptors (Lipinski definition) is 4. The molecule has 5 heteroatoms. The largest absolute Gasteiger partial charge is 0.379 e. The molecule has 0 bridgehead atoms. The fourth-order valence-electron chi connectivity index (χ4n) is 1.69. The Morgan fingerprint density at radius 1 is 1.47 bits per heavy atom. The highest BCUT2D eigenvalue weighted by Crippen LogP contribution is 2.00. The van der Waals surface area contributed by atoms with Crippen LogP contribution in [0.1, 0.15) is 12.6 Å². The highest BCUT2D eigenvalue weighted by molar-refractivity contribution is 4.97. The van der Waals surface area contributed by atoms with Crippen LogP contribution in [0.3, 0.4) is 0 Å². The van der Waals surface area contributed by atoms with Gasteiger partial charge in [-0.15, -0.1) is 0 Å². The number of imidazole rings is 1. The number of hydrazine groups is 1. The van der Waals surface area contributed by atoms with Crippen molar-refractivity contribution in [2.75, 3.05) is 26.3 Å². The Morgan fingerprint density at radius 2 is 2.27 bits per heavy atom. The topological polar surface area (TPSA) is 42.3 Å². The van der Waals surface area contributed by atoms with Gasteiger partial charge in [-0.2, -0.15) is 0 Å². The normalized spacial score (nSPS) is 18.2. The molecule has 0 radical (unpaired) electrons. The van der Waals surface area contributed by atoms with Crippen LogP contribution in [-0.4, -0.2) is 40.9 Å². The third kappa shape index (κ3) is 2.77. The lowest BCUT2D eigenvalue weighted by Crippen LogP contribution is -2.45. The molecule has 1 aromatic rings. The summed E-state index contributed by atoms with van der Waals surface area (Å²) < 4.78 is 7.43. The second-order valence-corrected chi connectivity index (χ2v) is 3.61. The van der Waals surface area contributed by atoms with E-state index in [4.69, 9.17) is 4.74 Å². The Balaban J connectivity index is 1.81. The molecule has 15 heavy (non-hydrogen) atoms. The minimum Gasteiger partial charge on any atom is -0.379 e. The molecule has 2 rings (SSSR count). The van der Waals surface area contributed by atoms with Crippen LogP contribution in [0.2, 0.25) is 0 Å². The monoisotopic (exact) mass is 210 g/mol. The summed E-state index contributed by atoms with van der Waals surface area (Å²) in [6.45, 7) is 7.49. The van der Waals surface area contributed by atoms with Crippen molar-refractivity contribution in [2.24, 2.45) is 0 Å². The molecule has 0 spiro atoms. The van der Waals surface area contributed by atoms with Gasteiger partial charge >= 0.3 is 0 Å². The zero-order valence-electron chi connectivity index (χ0n) is 9.15. The van der Waals surface area contributed by atoms with Gasteiger partial charge in [0.25, 0.3) is 0 Å². The predicted octanol–water partition coefficient (Wildman–Crippen LogP) is 0.240. The average molecular weight is 210 g/mol. The zero-order valence-corrected chi connectivity index (χ0v) is 9.15. The standard InChI is InChI=1S/C10H18N4O/c1-2-13-9-11-7-10(13)8-12-14-3-5-15-6-4-14/h7,9,12H,2-6,8H2,1H3. The molecule has 1 aliphatic heterocycles. The van der Waals surface area contributed by atoms with Gasteiger partial charge in [-0.3, -0.25) is 0 Å². The van der Waals surface area contributed by atoms with Crippen LogP contribution in [0.4, 0.5) is 0 Å². The molecule has 84 valence electrons. The molecule has 5 nitrogen and oxygen atoms in total. The molecule has 0 aliphatic carbocycles. The SMILES string of the molecule is CCn1cncc1CNN1CCOCC1.